The quantitative estimate of drug-likeness (QED) is 0.396. The van der Waals surface area contributed by atoms with Gasteiger partial charge < -0.3 is 5.32 Å². The Morgan fingerprint density at radius 2 is 1.54 bits per heavy atom. The highest BCUT2D eigenvalue weighted by molar-refractivity contribution is 7.92. The number of anilines is 3. The van der Waals surface area contributed by atoms with E-state index in [9.17, 15) is 8.42 Å². The average Bonchev–Trinajstić information content (AvgIpc) is 3.12. The van der Waals surface area contributed by atoms with Crippen LogP contribution in [0.2, 0.25) is 0 Å². The molecule has 2 aromatic carbocycles. The lowest BCUT2D eigenvalue weighted by atomic mass is 9.92. The molecule has 4 aromatic rings. The first kappa shape index (κ1) is 23.0. The predicted octanol–water partition coefficient (Wildman–Crippen LogP) is 5.01. The molecule has 1 aliphatic rings. The van der Waals surface area contributed by atoms with Gasteiger partial charge in [-0.2, -0.15) is 5.10 Å². The van der Waals surface area contributed by atoms with Crippen LogP contribution in [0.1, 0.15) is 40.9 Å². The van der Waals surface area contributed by atoms with E-state index in [2.05, 4.69) is 25.3 Å². The van der Waals surface area contributed by atoms with Gasteiger partial charge in [0.1, 0.15) is 0 Å². The summed E-state index contributed by atoms with van der Waals surface area (Å²) in [7, 11) is -3.66. The van der Waals surface area contributed by atoms with Crippen molar-refractivity contribution in [2.75, 3.05) is 10.0 Å². The average molecular weight is 489 g/mol. The first-order chi connectivity index (χ1) is 16.8. The molecule has 9 heteroatoms. The number of hydrogen-bond donors (Lipinski definition) is 2. The maximum atomic E-state index is 12.9. The van der Waals surface area contributed by atoms with E-state index in [-0.39, 0.29) is 0 Å². The zero-order chi connectivity index (χ0) is 24.6. The first-order valence-corrected chi connectivity index (χ1v) is 13.2. The summed E-state index contributed by atoms with van der Waals surface area (Å²) in [5.74, 6) is 1.23. The Kier molecular flexibility index (Phi) is 6.02. The Balaban J connectivity index is 1.26. The van der Waals surface area contributed by atoms with Gasteiger partial charge in [-0.05, 0) is 112 Å². The van der Waals surface area contributed by atoms with E-state index >= 15 is 0 Å². The lowest BCUT2D eigenvalue weighted by molar-refractivity contribution is 0.600. The summed E-state index contributed by atoms with van der Waals surface area (Å²) in [5, 5.41) is 16.2. The Morgan fingerprint density at radius 1 is 0.829 bits per heavy atom. The molecule has 0 atom stereocenters. The van der Waals surface area contributed by atoms with Crippen molar-refractivity contribution in [3.63, 3.8) is 0 Å². The summed E-state index contributed by atoms with van der Waals surface area (Å²) in [5.41, 5.74) is 6.79. The summed E-state index contributed by atoms with van der Waals surface area (Å²) in [6.45, 7) is 6.01. The number of rotatable bonds is 6. The van der Waals surface area contributed by atoms with Gasteiger partial charge in [-0.25, -0.2) is 13.1 Å². The van der Waals surface area contributed by atoms with Crippen molar-refractivity contribution in [1.29, 1.82) is 0 Å². The van der Waals surface area contributed by atoms with Crippen LogP contribution in [0.15, 0.2) is 59.5 Å². The van der Waals surface area contributed by atoms with Crippen LogP contribution in [0.3, 0.4) is 0 Å². The van der Waals surface area contributed by atoms with Gasteiger partial charge in [-0.15, -0.1) is 10.2 Å². The van der Waals surface area contributed by atoms with Crippen LogP contribution in [0.5, 0.6) is 0 Å². The summed E-state index contributed by atoms with van der Waals surface area (Å²) >= 11 is 0. The van der Waals surface area contributed by atoms with E-state index in [0.29, 0.717) is 22.2 Å². The second-order valence-corrected chi connectivity index (χ2v) is 10.6. The molecule has 2 aromatic heterocycles. The van der Waals surface area contributed by atoms with Gasteiger partial charge in [-0.3, -0.25) is 4.72 Å². The highest BCUT2D eigenvalue weighted by Gasteiger charge is 2.18. The number of nitrogens with one attached hydrogen (secondary N) is 2. The zero-order valence-electron chi connectivity index (χ0n) is 20.0. The maximum Gasteiger partial charge on any atom is 0.261 e. The molecule has 0 spiro atoms. The van der Waals surface area contributed by atoms with Crippen molar-refractivity contribution >= 4 is 27.2 Å². The normalized spacial score (nSPS) is 13.3. The number of aryl methyl sites for hydroxylation is 3. The molecule has 8 nitrogen and oxygen atoms in total. The lowest BCUT2D eigenvalue weighted by Gasteiger charge is -2.17. The van der Waals surface area contributed by atoms with Crippen molar-refractivity contribution < 1.29 is 8.42 Å². The SMILES string of the molecule is Cc1nn(-c2ccc(Nc3ccc(NS(=O)(=O)c4ccc5c(c4)CCCC5)cc3)nn2)c(C)c1C. The van der Waals surface area contributed by atoms with Crippen molar-refractivity contribution in [2.45, 2.75) is 51.3 Å². The predicted molar refractivity (Wildman–Crippen MR) is 137 cm³/mol. The number of nitrogens with zero attached hydrogens (tertiary/aromatic N) is 4. The fraction of sp³-hybridized carbons (Fsp3) is 0.269. The van der Waals surface area contributed by atoms with E-state index in [1.165, 1.54) is 5.56 Å². The number of benzene rings is 2. The molecule has 0 saturated carbocycles. The molecule has 180 valence electrons. The Labute approximate surface area is 205 Å². The smallest absolute Gasteiger partial charge is 0.261 e. The van der Waals surface area contributed by atoms with Gasteiger partial charge in [0, 0.05) is 17.1 Å². The van der Waals surface area contributed by atoms with Crippen molar-refractivity contribution in [1.82, 2.24) is 20.0 Å². The monoisotopic (exact) mass is 488 g/mol. The standard InChI is InChI=1S/C26H28N6O2S/c1-17-18(2)30-32(19(17)3)26-15-14-25(28-29-26)27-22-9-11-23(12-10-22)31-35(33,34)24-13-8-20-6-4-5-7-21(20)16-24/h8-16,31H,4-7H2,1-3H3,(H,27,28). The number of sulfonamides is 1. The van der Waals surface area contributed by atoms with Gasteiger partial charge in [0.05, 0.1) is 10.6 Å². The molecule has 0 saturated heterocycles. The van der Waals surface area contributed by atoms with E-state index in [1.807, 2.05) is 45.0 Å². The molecule has 1 aliphatic carbocycles. The van der Waals surface area contributed by atoms with Crippen LogP contribution in [0.25, 0.3) is 5.82 Å². The fourth-order valence-corrected chi connectivity index (χ4v) is 5.42. The molecule has 2 N–H and O–H groups in total. The van der Waals surface area contributed by atoms with Crippen molar-refractivity contribution in [2.24, 2.45) is 0 Å². The summed E-state index contributed by atoms with van der Waals surface area (Å²) in [4.78, 5) is 0.300. The molecule has 0 unspecified atom stereocenters. The van der Waals surface area contributed by atoms with Crippen LogP contribution in [0, 0.1) is 20.8 Å². The van der Waals surface area contributed by atoms with E-state index in [1.54, 1.807) is 35.0 Å². The van der Waals surface area contributed by atoms with Crippen LogP contribution in [-0.4, -0.2) is 28.4 Å². The zero-order valence-corrected chi connectivity index (χ0v) is 20.9. The molecule has 5 rings (SSSR count). The Morgan fingerprint density at radius 3 is 2.20 bits per heavy atom. The third kappa shape index (κ3) is 4.77. The van der Waals surface area contributed by atoms with Crippen molar-refractivity contribution in [3.05, 3.63) is 82.7 Å². The minimum absolute atomic E-state index is 0.300. The lowest BCUT2D eigenvalue weighted by Crippen LogP contribution is -2.14. The first-order valence-electron chi connectivity index (χ1n) is 11.7. The van der Waals surface area contributed by atoms with Gasteiger partial charge in [0.25, 0.3) is 10.0 Å². The largest absolute Gasteiger partial charge is 0.339 e. The molecule has 0 amide bonds. The maximum absolute atomic E-state index is 12.9. The molecule has 35 heavy (non-hydrogen) atoms. The number of hydrogen-bond acceptors (Lipinski definition) is 6. The fourth-order valence-electron chi connectivity index (χ4n) is 4.31. The molecule has 0 radical (unpaired) electrons. The van der Waals surface area contributed by atoms with Gasteiger partial charge in [0.15, 0.2) is 11.6 Å². The Bertz CT molecular complexity index is 1480. The number of fused-ring (bicyclic) bond motifs is 1. The minimum atomic E-state index is -3.66. The van der Waals surface area contributed by atoms with Crippen LogP contribution < -0.4 is 10.0 Å². The molecular formula is C26H28N6O2S. The molecule has 0 aliphatic heterocycles. The van der Waals surface area contributed by atoms with Gasteiger partial charge in [0.2, 0.25) is 0 Å². The van der Waals surface area contributed by atoms with Crippen molar-refractivity contribution in [3.8, 4) is 5.82 Å². The third-order valence-electron chi connectivity index (χ3n) is 6.56. The summed E-state index contributed by atoms with van der Waals surface area (Å²) < 4.78 is 30.3. The summed E-state index contributed by atoms with van der Waals surface area (Å²) in [6.07, 6.45) is 4.22. The highest BCUT2D eigenvalue weighted by atomic mass is 32.2. The van der Waals surface area contributed by atoms with Gasteiger partial charge >= 0.3 is 0 Å². The topological polar surface area (TPSA) is 102 Å². The molecule has 0 fully saturated rings. The van der Waals surface area contributed by atoms with Crippen LogP contribution in [0.4, 0.5) is 17.2 Å². The van der Waals surface area contributed by atoms with E-state index in [0.717, 1.165) is 53.9 Å². The molecular weight excluding hydrogens is 460 g/mol. The Hall–Kier alpha value is -3.72. The summed E-state index contributed by atoms with van der Waals surface area (Å²) in [6, 6.07) is 16.2. The van der Waals surface area contributed by atoms with Gasteiger partial charge in [-0.1, -0.05) is 6.07 Å². The second kappa shape index (κ2) is 9.14. The van der Waals surface area contributed by atoms with E-state index < -0.39 is 10.0 Å². The highest BCUT2D eigenvalue weighted by Crippen LogP contribution is 2.26. The van der Waals surface area contributed by atoms with E-state index in [4.69, 9.17) is 0 Å². The molecule has 0 bridgehead atoms. The molecule has 2 heterocycles. The minimum Gasteiger partial charge on any atom is -0.339 e. The van der Waals surface area contributed by atoms with Crippen LogP contribution in [-0.2, 0) is 22.9 Å². The number of aromatic nitrogens is 4. The van der Waals surface area contributed by atoms with Crippen LogP contribution >= 0.6 is 0 Å². The third-order valence-corrected chi connectivity index (χ3v) is 7.94. The second-order valence-electron chi connectivity index (χ2n) is 8.93.